The summed E-state index contributed by atoms with van der Waals surface area (Å²) in [6.07, 6.45) is 4.42. The van der Waals surface area contributed by atoms with Gasteiger partial charge in [-0.1, -0.05) is 11.7 Å². The molecule has 3 heterocycles. The van der Waals surface area contributed by atoms with Crippen molar-refractivity contribution in [2.24, 2.45) is 11.8 Å². The van der Waals surface area contributed by atoms with Crippen molar-refractivity contribution < 1.29 is 17.7 Å². The lowest BCUT2D eigenvalue weighted by Gasteiger charge is -2.18. The first-order chi connectivity index (χ1) is 12.5. The van der Waals surface area contributed by atoms with E-state index in [4.69, 9.17) is 4.52 Å². The van der Waals surface area contributed by atoms with Crippen molar-refractivity contribution in [1.82, 2.24) is 14.8 Å². The zero-order chi connectivity index (χ0) is 18.3. The van der Waals surface area contributed by atoms with E-state index in [0.717, 1.165) is 17.7 Å². The largest absolute Gasteiger partial charge is 0.355 e. The third-order valence-corrected chi connectivity index (χ3v) is 8.50. The second-order valence-corrected chi connectivity index (χ2v) is 9.97. The molecule has 0 radical (unpaired) electrons. The quantitative estimate of drug-likeness (QED) is 0.786. The fourth-order valence-corrected chi connectivity index (χ4v) is 6.86. The van der Waals surface area contributed by atoms with Gasteiger partial charge in [-0.15, -0.1) is 11.3 Å². The molecule has 0 spiro atoms. The van der Waals surface area contributed by atoms with E-state index < -0.39 is 10.0 Å². The highest BCUT2D eigenvalue weighted by Gasteiger charge is 2.45. The number of sulfonamides is 1. The lowest BCUT2D eigenvalue weighted by Crippen LogP contribution is -2.35. The molecular formula is C17H19N3O4S2. The molecule has 138 valence electrons. The minimum atomic E-state index is -3.51. The summed E-state index contributed by atoms with van der Waals surface area (Å²) in [6, 6.07) is 5.19. The number of carbonyl (C=O) groups excluding carboxylic acids is 1. The van der Waals surface area contributed by atoms with E-state index in [-0.39, 0.29) is 23.8 Å². The Hall–Kier alpha value is -1.97. The maximum absolute atomic E-state index is 13.0. The summed E-state index contributed by atoms with van der Waals surface area (Å²) in [5.41, 5.74) is 0. The van der Waals surface area contributed by atoms with Crippen molar-refractivity contribution in [3.63, 3.8) is 0 Å². The second-order valence-electron chi connectivity index (χ2n) is 6.72. The lowest BCUT2D eigenvalue weighted by molar-refractivity contribution is -0.117. The molecule has 1 saturated heterocycles. The van der Waals surface area contributed by atoms with Gasteiger partial charge >= 0.3 is 0 Å². The van der Waals surface area contributed by atoms with Crippen LogP contribution in [0.5, 0.6) is 0 Å². The minimum Gasteiger partial charge on any atom is -0.355 e. The molecule has 2 atom stereocenters. The van der Waals surface area contributed by atoms with Crippen molar-refractivity contribution in [3.8, 4) is 10.6 Å². The number of nitrogens with one attached hydrogen (secondary N) is 1. The number of nitrogens with zero attached hydrogens (tertiary/aromatic N) is 2. The second kappa shape index (κ2) is 6.64. The minimum absolute atomic E-state index is 0.111. The summed E-state index contributed by atoms with van der Waals surface area (Å²) in [4.78, 5) is 12.2. The summed E-state index contributed by atoms with van der Waals surface area (Å²) in [5, 5.41) is 6.58. The molecule has 1 N–H and O–H groups in total. The van der Waals surface area contributed by atoms with Crippen LogP contribution in [-0.2, 0) is 14.8 Å². The van der Waals surface area contributed by atoms with Gasteiger partial charge in [0.2, 0.25) is 5.91 Å². The fourth-order valence-electron chi connectivity index (χ4n) is 3.89. The standard InChI is InChI=1S/C17H19N3O4S2/c1-2-16(21)19-13-7-11-9-20(10-12(11)8-13)26(22,23)17-4-3-15(25-17)14-5-6-18-24-14/h2-6,11-13H,1,7-10H2,(H,19,21). The van der Waals surface area contributed by atoms with Crippen molar-refractivity contribution in [2.75, 3.05) is 13.1 Å². The van der Waals surface area contributed by atoms with Crippen LogP contribution < -0.4 is 5.32 Å². The zero-order valence-corrected chi connectivity index (χ0v) is 15.6. The van der Waals surface area contributed by atoms with Crippen molar-refractivity contribution in [3.05, 3.63) is 37.1 Å². The first-order valence-electron chi connectivity index (χ1n) is 8.41. The molecule has 1 amide bonds. The smallest absolute Gasteiger partial charge is 0.252 e. The highest BCUT2D eigenvalue weighted by atomic mass is 32.2. The Bertz CT molecular complexity index is 906. The number of hydrogen-bond donors (Lipinski definition) is 1. The van der Waals surface area contributed by atoms with Gasteiger partial charge in [0.05, 0.1) is 11.1 Å². The third kappa shape index (κ3) is 3.10. The summed E-state index contributed by atoms with van der Waals surface area (Å²) in [7, 11) is -3.51. The number of hydrogen-bond acceptors (Lipinski definition) is 6. The molecule has 9 heteroatoms. The van der Waals surface area contributed by atoms with Gasteiger partial charge in [-0.25, -0.2) is 8.42 Å². The highest BCUT2D eigenvalue weighted by molar-refractivity contribution is 7.91. The molecular weight excluding hydrogens is 374 g/mol. The molecule has 2 aromatic heterocycles. The maximum Gasteiger partial charge on any atom is 0.252 e. The van der Waals surface area contributed by atoms with Gasteiger partial charge in [-0.2, -0.15) is 4.31 Å². The van der Waals surface area contributed by atoms with Gasteiger partial charge in [-0.05, 0) is 42.9 Å². The summed E-state index contributed by atoms with van der Waals surface area (Å²) < 4.78 is 32.9. The van der Waals surface area contributed by atoms with Crippen LogP contribution in [0.15, 0.2) is 45.8 Å². The molecule has 2 aromatic rings. The van der Waals surface area contributed by atoms with E-state index in [1.54, 1.807) is 22.5 Å². The predicted molar refractivity (Wildman–Crippen MR) is 96.9 cm³/mol. The van der Waals surface area contributed by atoms with Gasteiger partial charge < -0.3 is 9.84 Å². The Kier molecular flexibility index (Phi) is 4.45. The summed E-state index contributed by atoms with van der Waals surface area (Å²) in [5.74, 6) is 0.968. The normalized spacial score (nSPS) is 25.9. The maximum atomic E-state index is 13.0. The Balaban J connectivity index is 1.45. The Morgan fingerprint density at radius 3 is 2.65 bits per heavy atom. The summed E-state index contributed by atoms with van der Waals surface area (Å²) >= 11 is 1.19. The average Bonchev–Trinajstić information content (AvgIpc) is 3.35. The number of aromatic nitrogens is 1. The SMILES string of the molecule is C=CC(=O)NC1CC2CN(S(=O)(=O)c3ccc(-c4ccno4)s3)CC2C1. The molecule has 2 fully saturated rings. The first kappa shape index (κ1) is 17.4. The number of thiophene rings is 1. The highest BCUT2D eigenvalue weighted by Crippen LogP contribution is 2.41. The van der Waals surface area contributed by atoms with E-state index in [1.165, 1.54) is 23.6 Å². The number of carbonyl (C=O) groups is 1. The zero-order valence-electron chi connectivity index (χ0n) is 14.0. The van der Waals surface area contributed by atoms with E-state index in [1.807, 2.05) is 0 Å². The van der Waals surface area contributed by atoms with Gasteiger partial charge in [-0.3, -0.25) is 4.79 Å². The van der Waals surface area contributed by atoms with Crippen LogP contribution in [0.3, 0.4) is 0 Å². The van der Waals surface area contributed by atoms with Gasteiger partial charge in [0.25, 0.3) is 10.0 Å². The Labute approximate surface area is 155 Å². The Morgan fingerprint density at radius 1 is 1.31 bits per heavy atom. The van der Waals surface area contributed by atoms with E-state index in [2.05, 4.69) is 17.1 Å². The average molecular weight is 393 g/mol. The topological polar surface area (TPSA) is 92.5 Å². The molecule has 1 saturated carbocycles. The predicted octanol–water partition coefficient (Wildman–Crippen LogP) is 2.10. The molecule has 1 aliphatic heterocycles. The number of rotatable bonds is 5. The monoisotopic (exact) mass is 393 g/mol. The molecule has 4 rings (SSSR count). The van der Waals surface area contributed by atoms with Crippen LogP contribution in [-0.4, -0.2) is 42.9 Å². The van der Waals surface area contributed by atoms with Crippen LogP contribution in [0.1, 0.15) is 12.8 Å². The van der Waals surface area contributed by atoms with Gasteiger partial charge in [0.1, 0.15) is 4.21 Å². The van der Waals surface area contributed by atoms with Gasteiger partial charge in [0, 0.05) is 25.2 Å². The van der Waals surface area contributed by atoms with Crippen molar-refractivity contribution in [2.45, 2.75) is 23.1 Å². The fraction of sp³-hybridized carbons (Fsp3) is 0.412. The van der Waals surface area contributed by atoms with Gasteiger partial charge in [0.15, 0.2) is 5.76 Å². The molecule has 26 heavy (non-hydrogen) atoms. The third-order valence-electron chi connectivity index (χ3n) is 5.11. The van der Waals surface area contributed by atoms with Crippen LogP contribution in [0.2, 0.25) is 0 Å². The Morgan fingerprint density at radius 2 is 2.04 bits per heavy atom. The number of fused-ring (bicyclic) bond motifs is 1. The molecule has 7 nitrogen and oxygen atoms in total. The van der Waals surface area contributed by atoms with E-state index in [9.17, 15) is 13.2 Å². The molecule has 2 aliphatic rings. The molecule has 0 aromatic carbocycles. The van der Waals surface area contributed by atoms with Crippen LogP contribution in [0.4, 0.5) is 0 Å². The van der Waals surface area contributed by atoms with E-state index >= 15 is 0 Å². The number of amides is 1. The van der Waals surface area contributed by atoms with Crippen LogP contribution in [0, 0.1) is 11.8 Å². The van der Waals surface area contributed by atoms with E-state index in [0.29, 0.717) is 23.1 Å². The van der Waals surface area contributed by atoms with Crippen molar-refractivity contribution >= 4 is 27.3 Å². The molecule has 2 unspecified atom stereocenters. The first-order valence-corrected chi connectivity index (χ1v) is 10.7. The van der Waals surface area contributed by atoms with Crippen LogP contribution >= 0.6 is 11.3 Å². The molecule has 0 bridgehead atoms. The molecule has 1 aliphatic carbocycles. The van der Waals surface area contributed by atoms with Crippen molar-refractivity contribution in [1.29, 1.82) is 0 Å². The summed E-state index contributed by atoms with van der Waals surface area (Å²) in [6.45, 7) is 4.47. The lowest BCUT2D eigenvalue weighted by atomic mass is 10.0. The van der Waals surface area contributed by atoms with Crippen LogP contribution in [0.25, 0.3) is 10.6 Å².